The van der Waals surface area contributed by atoms with E-state index in [0.29, 0.717) is 0 Å². The van der Waals surface area contributed by atoms with E-state index in [0.717, 1.165) is 0 Å². The van der Waals surface area contributed by atoms with Crippen LogP contribution in [0.5, 0.6) is 0 Å². The van der Waals surface area contributed by atoms with Crippen molar-refractivity contribution in [1.82, 2.24) is 0 Å². The lowest BCUT2D eigenvalue weighted by molar-refractivity contribution is -0.137. The molecule has 0 saturated carbocycles. The summed E-state index contributed by atoms with van der Waals surface area (Å²) >= 11 is 3.32. The lowest BCUT2D eigenvalue weighted by atomic mass is 9.90. The molecule has 1 N–H and O–H groups in total. The minimum absolute atomic E-state index is 0.0262. The van der Waals surface area contributed by atoms with Crippen LogP contribution in [0.4, 0.5) is 0 Å². The van der Waals surface area contributed by atoms with Crippen LogP contribution in [0.2, 0.25) is 0 Å². The Hall–Kier alpha value is -0.0500. The molecule has 0 saturated heterocycles. The highest BCUT2D eigenvalue weighted by Gasteiger charge is 2.23. The Bertz CT molecular complexity index is 126. The van der Waals surface area contributed by atoms with E-state index in [2.05, 4.69) is 15.9 Å². The minimum Gasteiger partial charge on any atom is -0.481 e. The maximum absolute atomic E-state index is 10.2. The second-order valence-corrected chi connectivity index (χ2v) is 4.54. The standard InChI is InChI=1S/C7H13BrO2/c1-7(2,3)5(8)4-6(9)10/h5H,4H2,1-3H3,(H,9,10). The molecule has 3 heteroatoms. The summed E-state index contributed by atoms with van der Waals surface area (Å²) in [6.07, 6.45) is 0.184. The molecule has 10 heavy (non-hydrogen) atoms. The summed E-state index contributed by atoms with van der Waals surface area (Å²) in [5.41, 5.74) is 0.0262. The minimum atomic E-state index is -0.753. The molecule has 1 atom stereocenters. The highest BCUT2D eigenvalue weighted by molar-refractivity contribution is 9.09. The molecular weight excluding hydrogens is 196 g/mol. The molecule has 0 rings (SSSR count). The predicted octanol–water partition coefficient (Wildman–Crippen LogP) is 2.27. The van der Waals surface area contributed by atoms with Crippen LogP contribution in [0, 0.1) is 5.41 Å². The molecule has 0 spiro atoms. The van der Waals surface area contributed by atoms with Crippen molar-refractivity contribution in [3.8, 4) is 0 Å². The first kappa shape index (κ1) is 9.95. The number of hydrogen-bond acceptors (Lipinski definition) is 1. The van der Waals surface area contributed by atoms with Gasteiger partial charge in [0, 0.05) is 4.83 Å². The summed E-state index contributed by atoms with van der Waals surface area (Å²) in [5, 5.41) is 8.42. The van der Waals surface area contributed by atoms with Crippen molar-refractivity contribution in [2.45, 2.75) is 32.0 Å². The van der Waals surface area contributed by atoms with Gasteiger partial charge in [0.15, 0.2) is 0 Å². The lowest BCUT2D eigenvalue weighted by Crippen LogP contribution is -2.22. The zero-order valence-corrected chi connectivity index (χ0v) is 8.10. The molecule has 0 aromatic heterocycles. The first-order chi connectivity index (χ1) is 4.34. The second kappa shape index (κ2) is 3.37. The number of aliphatic carboxylic acids is 1. The van der Waals surface area contributed by atoms with Crippen molar-refractivity contribution < 1.29 is 9.90 Å². The number of carboxylic acid groups (broad SMARTS) is 1. The molecule has 0 aliphatic heterocycles. The highest BCUT2D eigenvalue weighted by atomic mass is 79.9. The Balaban J connectivity index is 3.85. The smallest absolute Gasteiger partial charge is 0.304 e. The van der Waals surface area contributed by atoms with Gasteiger partial charge in [-0.2, -0.15) is 0 Å². The van der Waals surface area contributed by atoms with Crippen LogP contribution in [0.25, 0.3) is 0 Å². The first-order valence-corrected chi connectivity index (χ1v) is 4.11. The third-order valence-corrected chi connectivity index (χ3v) is 2.99. The Morgan fingerprint density at radius 1 is 1.60 bits per heavy atom. The van der Waals surface area contributed by atoms with Crippen molar-refractivity contribution in [3.05, 3.63) is 0 Å². The third-order valence-electron chi connectivity index (χ3n) is 1.29. The lowest BCUT2D eigenvalue weighted by Gasteiger charge is -2.23. The number of rotatable bonds is 2. The van der Waals surface area contributed by atoms with Gasteiger partial charge in [-0.25, -0.2) is 0 Å². The van der Waals surface area contributed by atoms with Crippen LogP contribution in [0.3, 0.4) is 0 Å². The van der Waals surface area contributed by atoms with Crippen molar-refractivity contribution in [2.24, 2.45) is 5.41 Å². The maximum atomic E-state index is 10.2. The first-order valence-electron chi connectivity index (χ1n) is 3.20. The molecule has 0 aromatic carbocycles. The highest BCUT2D eigenvalue weighted by Crippen LogP contribution is 2.28. The molecule has 0 aromatic rings. The summed E-state index contributed by atoms with van der Waals surface area (Å²) in [6.45, 7) is 6.03. The molecule has 0 bridgehead atoms. The van der Waals surface area contributed by atoms with Crippen LogP contribution in [-0.2, 0) is 4.79 Å². The summed E-state index contributed by atoms with van der Waals surface area (Å²) in [4.78, 5) is 10.3. The van der Waals surface area contributed by atoms with Gasteiger partial charge in [-0.15, -0.1) is 0 Å². The molecule has 2 nitrogen and oxygen atoms in total. The second-order valence-electron chi connectivity index (χ2n) is 3.43. The van der Waals surface area contributed by atoms with Crippen molar-refractivity contribution in [3.63, 3.8) is 0 Å². The number of alkyl halides is 1. The zero-order valence-electron chi connectivity index (χ0n) is 6.52. The number of halogens is 1. The maximum Gasteiger partial charge on any atom is 0.304 e. The molecule has 0 aliphatic rings. The third kappa shape index (κ3) is 3.88. The molecule has 0 fully saturated rings. The summed E-state index contributed by atoms with van der Waals surface area (Å²) in [6, 6.07) is 0. The van der Waals surface area contributed by atoms with E-state index in [-0.39, 0.29) is 16.7 Å². The quantitative estimate of drug-likeness (QED) is 0.708. The largest absolute Gasteiger partial charge is 0.481 e. The molecule has 0 radical (unpaired) electrons. The van der Waals surface area contributed by atoms with Gasteiger partial charge >= 0.3 is 5.97 Å². The monoisotopic (exact) mass is 208 g/mol. The Kier molecular flexibility index (Phi) is 3.36. The van der Waals surface area contributed by atoms with E-state index in [1.165, 1.54) is 0 Å². The number of carboxylic acids is 1. The molecule has 60 valence electrons. The molecule has 0 amide bonds. The summed E-state index contributed by atoms with van der Waals surface area (Å²) < 4.78 is 0. The predicted molar refractivity (Wildman–Crippen MR) is 44.4 cm³/mol. The van der Waals surface area contributed by atoms with Gasteiger partial charge in [-0.05, 0) is 5.41 Å². The van der Waals surface area contributed by atoms with E-state index in [1.807, 2.05) is 20.8 Å². The van der Waals surface area contributed by atoms with Gasteiger partial charge in [0.2, 0.25) is 0 Å². The average Bonchev–Trinajstić information content (AvgIpc) is 1.60. The Labute approximate surface area is 69.8 Å². The van der Waals surface area contributed by atoms with Gasteiger partial charge in [0.05, 0.1) is 6.42 Å². The van der Waals surface area contributed by atoms with Crippen LogP contribution >= 0.6 is 15.9 Å². The molecule has 0 aliphatic carbocycles. The van der Waals surface area contributed by atoms with Crippen LogP contribution in [0.15, 0.2) is 0 Å². The SMILES string of the molecule is CC(C)(C)C(Br)CC(=O)O. The van der Waals surface area contributed by atoms with E-state index >= 15 is 0 Å². The normalized spacial score (nSPS) is 14.8. The summed E-state index contributed by atoms with van der Waals surface area (Å²) in [7, 11) is 0. The number of hydrogen-bond donors (Lipinski definition) is 1. The van der Waals surface area contributed by atoms with Gasteiger partial charge in [0.1, 0.15) is 0 Å². The van der Waals surface area contributed by atoms with Gasteiger partial charge in [-0.3, -0.25) is 4.79 Å². The van der Waals surface area contributed by atoms with Gasteiger partial charge in [-0.1, -0.05) is 36.7 Å². The van der Waals surface area contributed by atoms with Crippen LogP contribution in [-0.4, -0.2) is 15.9 Å². The van der Waals surface area contributed by atoms with Gasteiger partial charge < -0.3 is 5.11 Å². The van der Waals surface area contributed by atoms with Crippen LogP contribution in [0.1, 0.15) is 27.2 Å². The zero-order chi connectivity index (χ0) is 8.36. The van der Waals surface area contributed by atoms with E-state index in [9.17, 15) is 4.79 Å². The topological polar surface area (TPSA) is 37.3 Å². The van der Waals surface area contributed by atoms with Crippen molar-refractivity contribution >= 4 is 21.9 Å². The average molecular weight is 209 g/mol. The van der Waals surface area contributed by atoms with Crippen LogP contribution < -0.4 is 0 Å². The van der Waals surface area contributed by atoms with Crippen molar-refractivity contribution in [1.29, 1.82) is 0 Å². The fourth-order valence-corrected chi connectivity index (χ4v) is 0.736. The fourth-order valence-electron chi connectivity index (χ4n) is 0.459. The summed E-state index contributed by atoms with van der Waals surface area (Å²) in [5.74, 6) is -0.753. The fraction of sp³-hybridized carbons (Fsp3) is 0.857. The van der Waals surface area contributed by atoms with E-state index in [1.54, 1.807) is 0 Å². The van der Waals surface area contributed by atoms with E-state index < -0.39 is 5.97 Å². The van der Waals surface area contributed by atoms with Crippen molar-refractivity contribution in [2.75, 3.05) is 0 Å². The Morgan fingerprint density at radius 2 is 2.00 bits per heavy atom. The molecule has 0 heterocycles. The number of carbonyl (C=O) groups is 1. The Morgan fingerprint density at radius 3 is 2.10 bits per heavy atom. The molecular formula is C7H13BrO2. The van der Waals surface area contributed by atoms with E-state index in [4.69, 9.17) is 5.11 Å². The molecule has 1 unspecified atom stereocenters. The van der Waals surface area contributed by atoms with Gasteiger partial charge in [0.25, 0.3) is 0 Å².